The minimum Gasteiger partial charge on any atom is -0.492 e. The number of ether oxygens (including phenoxy) is 1. The molecular formula is C12H19N3O. The second kappa shape index (κ2) is 4.61. The summed E-state index contributed by atoms with van der Waals surface area (Å²) in [6.07, 6.45) is 2.65. The number of hydrogen-bond donors (Lipinski definition) is 2. The van der Waals surface area contributed by atoms with Crippen LogP contribution in [0.15, 0.2) is 18.2 Å². The summed E-state index contributed by atoms with van der Waals surface area (Å²) >= 11 is 0. The molecule has 1 aromatic carbocycles. The van der Waals surface area contributed by atoms with Crippen LogP contribution in [0.25, 0.3) is 0 Å². The fourth-order valence-electron chi connectivity index (χ4n) is 1.65. The Balaban J connectivity index is 1.78. The molecule has 0 amide bonds. The highest BCUT2D eigenvalue weighted by atomic mass is 16.5. The SMILES string of the molecule is CN(CCOc1ccc(N)c(N)c1)C1CC1. The van der Waals surface area contributed by atoms with E-state index in [1.807, 2.05) is 6.07 Å². The maximum Gasteiger partial charge on any atom is 0.121 e. The number of nitrogens with zero attached hydrogens (tertiary/aromatic N) is 1. The summed E-state index contributed by atoms with van der Waals surface area (Å²) in [5.41, 5.74) is 12.5. The van der Waals surface area contributed by atoms with Crippen molar-refractivity contribution in [3.05, 3.63) is 18.2 Å². The molecule has 0 atom stereocenters. The van der Waals surface area contributed by atoms with Crippen LogP contribution in [0, 0.1) is 0 Å². The first-order valence-electron chi connectivity index (χ1n) is 5.65. The third-order valence-corrected chi connectivity index (χ3v) is 2.94. The molecule has 0 aromatic heterocycles. The van der Waals surface area contributed by atoms with Crippen molar-refractivity contribution in [3.8, 4) is 5.75 Å². The van der Waals surface area contributed by atoms with Crippen LogP contribution in [0.4, 0.5) is 11.4 Å². The van der Waals surface area contributed by atoms with E-state index < -0.39 is 0 Å². The maximum atomic E-state index is 5.69. The van der Waals surface area contributed by atoms with Gasteiger partial charge in [0.05, 0.1) is 11.4 Å². The summed E-state index contributed by atoms with van der Waals surface area (Å²) in [6, 6.07) is 6.17. The number of nitrogen functional groups attached to an aromatic ring is 2. The molecule has 0 radical (unpaired) electrons. The molecule has 0 spiro atoms. The van der Waals surface area contributed by atoms with Gasteiger partial charge in [-0.25, -0.2) is 0 Å². The molecule has 0 saturated heterocycles. The van der Waals surface area contributed by atoms with Crippen LogP contribution in [0.3, 0.4) is 0 Å². The Kier molecular flexibility index (Phi) is 3.19. The van der Waals surface area contributed by atoms with Crippen LogP contribution in [0.1, 0.15) is 12.8 Å². The van der Waals surface area contributed by atoms with Gasteiger partial charge in [-0.1, -0.05) is 0 Å². The molecule has 4 heteroatoms. The van der Waals surface area contributed by atoms with Gasteiger partial charge in [0.25, 0.3) is 0 Å². The van der Waals surface area contributed by atoms with Crippen LogP contribution < -0.4 is 16.2 Å². The number of benzene rings is 1. The zero-order chi connectivity index (χ0) is 11.5. The topological polar surface area (TPSA) is 64.5 Å². The molecule has 2 rings (SSSR count). The lowest BCUT2D eigenvalue weighted by atomic mass is 10.2. The summed E-state index contributed by atoms with van der Waals surface area (Å²) in [4.78, 5) is 2.33. The molecule has 1 saturated carbocycles. The Labute approximate surface area is 96.2 Å². The fraction of sp³-hybridized carbons (Fsp3) is 0.500. The van der Waals surface area contributed by atoms with E-state index in [2.05, 4.69) is 11.9 Å². The summed E-state index contributed by atoms with van der Waals surface area (Å²) < 4.78 is 5.61. The molecule has 16 heavy (non-hydrogen) atoms. The Morgan fingerprint density at radius 3 is 2.69 bits per heavy atom. The third kappa shape index (κ3) is 2.79. The predicted octanol–water partition coefficient (Wildman–Crippen LogP) is 1.32. The van der Waals surface area contributed by atoms with Gasteiger partial charge in [0.2, 0.25) is 0 Å². The molecule has 1 aliphatic rings. The quantitative estimate of drug-likeness (QED) is 0.736. The van der Waals surface area contributed by atoms with Crippen molar-refractivity contribution < 1.29 is 4.74 Å². The maximum absolute atomic E-state index is 5.69. The highest BCUT2D eigenvalue weighted by molar-refractivity contribution is 5.65. The van der Waals surface area contributed by atoms with Gasteiger partial charge in [-0.3, -0.25) is 0 Å². The summed E-state index contributed by atoms with van der Waals surface area (Å²) in [7, 11) is 2.14. The van der Waals surface area contributed by atoms with E-state index in [-0.39, 0.29) is 0 Å². The standard InChI is InChI=1S/C12H19N3O/c1-15(9-2-3-9)6-7-16-10-4-5-11(13)12(14)8-10/h4-5,8-9H,2-3,6-7,13-14H2,1H3. The third-order valence-electron chi connectivity index (χ3n) is 2.94. The van der Waals surface area contributed by atoms with E-state index >= 15 is 0 Å². The Hall–Kier alpha value is -1.42. The Bertz CT molecular complexity index is 363. The second-order valence-corrected chi connectivity index (χ2v) is 4.35. The zero-order valence-corrected chi connectivity index (χ0v) is 9.65. The van der Waals surface area contributed by atoms with E-state index in [0.717, 1.165) is 18.3 Å². The van der Waals surface area contributed by atoms with Crippen LogP contribution in [0.5, 0.6) is 5.75 Å². The summed E-state index contributed by atoms with van der Waals surface area (Å²) in [6.45, 7) is 1.64. The lowest BCUT2D eigenvalue weighted by Gasteiger charge is -2.16. The Morgan fingerprint density at radius 1 is 1.31 bits per heavy atom. The average Bonchev–Trinajstić information content (AvgIpc) is 3.07. The number of hydrogen-bond acceptors (Lipinski definition) is 4. The molecule has 4 nitrogen and oxygen atoms in total. The van der Waals surface area contributed by atoms with Gasteiger partial charge in [0, 0.05) is 18.7 Å². The molecule has 0 heterocycles. The lowest BCUT2D eigenvalue weighted by molar-refractivity contribution is 0.232. The summed E-state index contributed by atoms with van der Waals surface area (Å²) in [5.74, 6) is 0.788. The number of rotatable bonds is 5. The molecule has 1 fully saturated rings. The highest BCUT2D eigenvalue weighted by Gasteiger charge is 2.25. The number of anilines is 2. The number of likely N-dealkylation sites (N-methyl/N-ethyl adjacent to an activating group) is 1. The van der Waals surface area contributed by atoms with Crippen molar-refractivity contribution in [2.24, 2.45) is 0 Å². The van der Waals surface area contributed by atoms with Crippen LogP contribution in [0.2, 0.25) is 0 Å². The van der Waals surface area contributed by atoms with Gasteiger partial charge >= 0.3 is 0 Å². The van der Waals surface area contributed by atoms with Crippen LogP contribution in [-0.4, -0.2) is 31.1 Å². The van der Waals surface area contributed by atoms with Gasteiger partial charge in [-0.2, -0.15) is 0 Å². The van der Waals surface area contributed by atoms with Crippen molar-refractivity contribution >= 4 is 11.4 Å². The zero-order valence-electron chi connectivity index (χ0n) is 9.65. The minimum atomic E-state index is 0.577. The van der Waals surface area contributed by atoms with Crippen molar-refractivity contribution in [3.63, 3.8) is 0 Å². The van der Waals surface area contributed by atoms with Crippen molar-refractivity contribution in [1.29, 1.82) is 0 Å². The van der Waals surface area contributed by atoms with E-state index in [4.69, 9.17) is 16.2 Å². The predicted molar refractivity (Wildman–Crippen MR) is 66.4 cm³/mol. The smallest absolute Gasteiger partial charge is 0.121 e. The largest absolute Gasteiger partial charge is 0.492 e. The molecule has 0 unspecified atom stereocenters. The lowest BCUT2D eigenvalue weighted by Crippen LogP contribution is -2.26. The first-order chi connectivity index (χ1) is 7.66. The van der Waals surface area contributed by atoms with Gasteiger partial charge in [0.1, 0.15) is 12.4 Å². The van der Waals surface area contributed by atoms with E-state index in [1.165, 1.54) is 12.8 Å². The van der Waals surface area contributed by atoms with Crippen molar-refractivity contribution in [1.82, 2.24) is 4.90 Å². The first kappa shape index (κ1) is 11.1. The molecule has 0 aliphatic heterocycles. The average molecular weight is 221 g/mol. The monoisotopic (exact) mass is 221 g/mol. The minimum absolute atomic E-state index is 0.577. The van der Waals surface area contributed by atoms with Gasteiger partial charge in [-0.15, -0.1) is 0 Å². The van der Waals surface area contributed by atoms with Crippen molar-refractivity contribution in [2.45, 2.75) is 18.9 Å². The van der Waals surface area contributed by atoms with Crippen molar-refractivity contribution in [2.75, 3.05) is 31.7 Å². The normalized spacial score (nSPS) is 15.4. The number of nitrogens with two attached hydrogens (primary N) is 2. The van der Waals surface area contributed by atoms with Crippen LogP contribution >= 0.6 is 0 Å². The molecule has 1 aliphatic carbocycles. The van der Waals surface area contributed by atoms with E-state index in [0.29, 0.717) is 18.0 Å². The fourth-order valence-corrected chi connectivity index (χ4v) is 1.65. The van der Waals surface area contributed by atoms with Gasteiger partial charge in [0.15, 0.2) is 0 Å². The van der Waals surface area contributed by atoms with E-state index in [9.17, 15) is 0 Å². The highest BCUT2D eigenvalue weighted by Crippen LogP contribution is 2.25. The molecule has 4 N–H and O–H groups in total. The molecule has 1 aromatic rings. The molecule has 88 valence electrons. The second-order valence-electron chi connectivity index (χ2n) is 4.35. The molecular weight excluding hydrogens is 202 g/mol. The van der Waals surface area contributed by atoms with Gasteiger partial charge in [-0.05, 0) is 32.0 Å². The molecule has 0 bridgehead atoms. The summed E-state index contributed by atoms with van der Waals surface area (Å²) in [5, 5.41) is 0. The van der Waals surface area contributed by atoms with Gasteiger partial charge < -0.3 is 21.1 Å². The Morgan fingerprint density at radius 2 is 2.06 bits per heavy atom. The first-order valence-corrected chi connectivity index (χ1v) is 5.65. The van der Waals surface area contributed by atoms with Crippen LogP contribution in [-0.2, 0) is 0 Å². The van der Waals surface area contributed by atoms with E-state index in [1.54, 1.807) is 12.1 Å².